The minimum Gasteiger partial charge on any atom is -0.300 e. The molecule has 92 valence electrons. The molecule has 2 amide bonds. The molecule has 4 nitrogen and oxygen atoms in total. The molecule has 0 radical (unpaired) electrons. The number of likely N-dealkylation sites (N-methyl/N-ethyl adjacent to an activating group) is 1. The average Bonchev–Trinajstić information content (AvgIpc) is 2.88. The van der Waals surface area contributed by atoms with E-state index in [4.69, 9.17) is 0 Å². The van der Waals surface area contributed by atoms with E-state index >= 15 is 0 Å². The molecule has 1 unspecified atom stereocenters. The number of likely N-dealkylation sites (tertiary alicyclic amines) is 1. The molecular formula is C12H16N2O2S. The molecule has 0 spiro atoms. The van der Waals surface area contributed by atoms with E-state index in [2.05, 4.69) is 24.4 Å². The van der Waals surface area contributed by atoms with Gasteiger partial charge in [0.15, 0.2) is 0 Å². The van der Waals surface area contributed by atoms with Crippen LogP contribution in [0.5, 0.6) is 0 Å². The van der Waals surface area contributed by atoms with E-state index in [-0.39, 0.29) is 24.3 Å². The van der Waals surface area contributed by atoms with Gasteiger partial charge in [-0.25, -0.2) is 0 Å². The Morgan fingerprint density at radius 2 is 2.12 bits per heavy atom. The van der Waals surface area contributed by atoms with Gasteiger partial charge in [-0.15, -0.1) is 11.3 Å². The van der Waals surface area contributed by atoms with E-state index in [9.17, 15) is 9.59 Å². The standard InChI is InChI=1S/C12H16N2O2S/c1-3-8-4-5-9(17-8)7-13-10-6-11(15)14(2)12(10)16/h4-5,10,13H,3,6-7H2,1-2H3. The Hall–Kier alpha value is -1.20. The number of amides is 2. The molecule has 2 heterocycles. The number of hydrogen-bond acceptors (Lipinski definition) is 4. The minimum atomic E-state index is -0.348. The predicted molar refractivity (Wildman–Crippen MR) is 66.7 cm³/mol. The van der Waals surface area contributed by atoms with Crippen molar-refractivity contribution in [1.29, 1.82) is 0 Å². The van der Waals surface area contributed by atoms with E-state index < -0.39 is 0 Å². The molecule has 1 N–H and O–H groups in total. The molecule has 1 atom stereocenters. The number of thiophene rings is 1. The Balaban J connectivity index is 1.90. The van der Waals surface area contributed by atoms with E-state index in [1.807, 2.05) is 0 Å². The van der Waals surface area contributed by atoms with Crippen molar-refractivity contribution in [2.24, 2.45) is 0 Å². The Morgan fingerprint density at radius 1 is 1.41 bits per heavy atom. The maximum atomic E-state index is 11.6. The first-order valence-corrected chi connectivity index (χ1v) is 6.55. The van der Waals surface area contributed by atoms with Crippen LogP contribution in [0.25, 0.3) is 0 Å². The largest absolute Gasteiger partial charge is 0.300 e. The second-order valence-corrected chi connectivity index (χ2v) is 5.40. The monoisotopic (exact) mass is 252 g/mol. The number of rotatable bonds is 4. The maximum absolute atomic E-state index is 11.6. The smallest absolute Gasteiger partial charge is 0.246 e. The van der Waals surface area contributed by atoms with Crippen molar-refractivity contribution in [1.82, 2.24) is 10.2 Å². The number of carbonyl (C=O) groups is 2. The highest BCUT2D eigenvalue weighted by Crippen LogP contribution is 2.18. The molecule has 0 saturated carbocycles. The number of hydrogen-bond donors (Lipinski definition) is 1. The van der Waals surface area contributed by atoms with Crippen molar-refractivity contribution < 1.29 is 9.59 Å². The summed E-state index contributed by atoms with van der Waals surface area (Å²) in [6.45, 7) is 2.78. The molecule has 1 aliphatic rings. The van der Waals surface area contributed by atoms with E-state index in [0.29, 0.717) is 6.54 Å². The van der Waals surface area contributed by atoms with Crippen LogP contribution in [0.3, 0.4) is 0 Å². The normalized spacial score (nSPS) is 20.4. The Morgan fingerprint density at radius 3 is 2.65 bits per heavy atom. The lowest BCUT2D eigenvalue weighted by molar-refractivity contribution is -0.137. The third-order valence-corrected chi connectivity index (χ3v) is 4.20. The summed E-state index contributed by atoms with van der Waals surface area (Å²) in [7, 11) is 1.53. The van der Waals surface area contributed by atoms with Crippen molar-refractivity contribution in [2.75, 3.05) is 7.05 Å². The fraction of sp³-hybridized carbons (Fsp3) is 0.500. The number of aryl methyl sites for hydroxylation is 1. The summed E-state index contributed by atoms with van der Waals surface area (Å²) in [5, 5.41) is 3.14. The summed E-state index contributed by atoms with van der Waals surface area (Å²) >= 11 is 1.75. The quantitative estimate of drug-likeness (QED) is 0.818. The van der Waals surface area contributed by atoms with Crippen molar-refractivity contribution >= 4 is 23.2 Å². The lowest BCUT2D eigenvalue weighted by atomic mass is 10.2. The maximum Gasteiger partial charge on any atom is 0.246 e. The van der Waals surface area contributed by atoms with Gasteiger partial charge in [-0.2, -0.15) is 0 Å². The minimum absolute atomic E-state index is 0.104. The van der Waals surface area contributed by atoms with Gasteiger partial charge < -0.3 is 5.32 Å². The van der Waals surface area contributed by atoms with Gasteiger partial charge in [0, 0.05) is 23.3 Å². The highest BCUT2D eigenvalue weighted by atomic mass is 32.1. The Bertz CT molecular complexity index is 441. The molecule has 2 rings (SSSR count). The van der Waals surface area contributed by atoms with Crippen LogP contribution in [0.2, 0.25) is 0 Å². The fourth-order valence-electron chi connectivity index (χ4n) is 1.85. The van der Waals surface area contributed by atoms with Crippen LogP contribution in [-0.2, 0) is 22.6 Å². The van der Waals surface area contributed by atoms with E-state index in [0.717, 1.165) is 6.42 Å². The predicted octanol–water partition coefficient (Wildman–Crippen LogP) is 1.16. The molecule has 1 aliphatic heterocycles. The number of nitrogens with one attached hydrogen (secondary N) is 1. The van der Waals surface area contributed by atoms with Crippen molar-refractivity contribution in [3.8, 4) is 0 Å². The lowest BCUT2D eigenvalue weighted by Crippen LogP contribution is -2.36. The molecule has 5 heteroatoms. The summed E-state index contributed by atoms with van der Waals surface area (Å²) in [6.07, 6.45) is 1.32. The molecule has 1 aromatic rings. The molecule has 0 aromatic carbocycles. The first-order valence-electron chi connectivity index (χ1n) is 5.73. The van der Waals surface area contributed by atoms with Gasteiger partial charge in [-0.05, 0) is 18.6 Å². The topological polar surface area (TPSA) is 49.4 Å². The van der Waals surface area contributed by atoms with Gasteiger partial charge in [-0.3, -0.25) is 14.5 Å². The highest BCUT2D eigenvalue weighted by Gasteiger charge is 2.35. The van der Waals surface area contributed by atoms with Crippen molar-refractivity contribution in [2.45, 2.75) is 32.4 Å². The van der Waals surface area contributed by atoms with Crippen LogP contribution in [0.1, 0.15) is 23.1 Å². The van der Waals surface area contributed by atoms with E-state index in [1.165, 1.54) is 21.7 Å². The number of nitrogens with zero attached hydrogens (tertiary/aromatic N) is 1. The number of imide groups is 1. The molecule has 1 aromatic heterocycles. The SMILES string of the molecule is CCc1ccc(CNC2CC(=O)N(C)C2=O)s1. The zero-order valence-corrected chi connectivity index (χ0v) is 10.8. The summed E-state index contributed by atoms with van der Waals surface area (Å²) in [4.78, 5) is 26.7. The second-order valence-electron chi connectivity index (χ2n) is 4.15. The van der Waals surface area contributed by atoms with Gasteiger partial charge in [-0.1, -0.05) is 6.92 Å². The van der Waals surface area contributed by atoms with Gasteiger partial charge in [0.1, 0.15) is 0 Å². The van der Waals surface area contributed by atoms with Gasteiger partial charge >= 0.3 is 0 Å². The van der Waals surface area contributed by atoms with Gasteiger partial charge in [0.2, 0.25) is 11.8 Å². The van der Waals surface area contributed by atoms with Crippen LogP contribution in [-0.4, -0.2) is 29.8 Å². The summed E-state index contributed by atoms with van der Waals surface area (Å²) in [6, 6.07) is 3.83. The highest BCUT2D eigenvalue weighted by molar-refractivity contribution is 7.11. The second kappa shape index (κ2) is 4.98. The van der Waals surface area contributed by atoms with Crippen molar-refractivity contribution in [3.05, 3.63) is 21.9 Å². The van der Waals surface area contributed by atoms with Crippen LogP contribution in [0, 0.1) is 0 Å². The summed E-state index contributed by atoms with van der Waals surface area (Å²) in [5.41, 5.74) is 0. The average molecular weight is 252 g/mol. The van der Waals surface area contributed by atoms with E-state index in [1.54, 1.807) is 11.3 Å². The molecule has 1 saturated heterocycles. The van der Waals surface area contributed by atoms with Crippen LogP contribution < -0.4 is 5.32 Å². The molecular weight excluding hydrogens is 236 g/mol. The number of carbonyl (C=O) groups excluding carboxylic acids is 2. The lowest BCUT2D eigenvalue weighted by Gasteiger charge is -2.09. The zero-order chi connectivity index (χ0) is 12.4. The summed E-state index contributed by atoms with van der Waals surface area (Å²) in [5.74, 6) is -0.227. The third-order valence-electron chi connectivity index (χ3n) is 2.97. The zero-order valence-electron chi connectivity index (χ0n) is 10.0. The van der Waals surface area contributed by atoms with Crippen LogP contribution >= 0.6 is 11.3 Å². The third kappa shape index (κ3) is 2.56. The Kier molecular flexibility index (Phi) is 3.59. The molecule has 1 fully saturated rings. The molecule has 0 bridgehead atoms. The fourth-order valence-corrected chi connectivity index (χ4v) is 2.75. The first kappa shape index (κ1) is 12.3. The molecule has 0 aliphatic carbocycles. The van der Waals surface area contributed by atoms with Crippen molar-refractivity contribution in [3.63, 3.8) is 0 Å². The first-order chi connectivity index (χ1) is 8.11. The Labute approximate surface area is 105 Å². The summed E-state index contributed by atoms with van der Waals surface area (Å²) < 4.78 is 0. The van der Waals surface area contributed by atoms with Gasteiger partial charge in [0.25, 0.3) is 0 Å². The molecule has 17 heavy (non-hydrogen) atoms. The van der Waals surface area contributed by atoms with Gasteiger partial charge in [0.05, 0.1) is 12.5 Å². The van der Waals surface area contributed by atoms with Crippen LogP contribution in [0.4, 0.5) is 0 Å². The van der Waals surface area contributed by atoms with Crippen LogP contribution in [0.15, 0.2) is 12.1 Å².